The third-order valence-electron chi connectivity index (χ3n) is 2.85. The fourth-order valence-electron chi connectivity index (χ4n) is 1.61. The molecular formula is C13H15N3O2S. The number of aromatic nitrogens is 2. The van der Waals surface area contributed by atoms with Gasteiger partial charge < -0.3 is 10.4 Å². The Hall–Kier alpha value is -1.95. The van der Waals surface area contributed by atoms with E-state index >= 15 is 0 Å². The highest BCUT2D eigenvalue weighted by molar-refractivity contribution is 7.98. The zero-order valence-electron chi connectivity index (χ0n) is 10.9. The topological polar surface area (TPSA) is 78.0 Å². The van der Waals surface area contributed by atoms with Gasteiger partial charge in [0.1, 0.15) is 0 Å². The van der Waals surface area contributed by atoms with Crippen molar-refractivity contribution in [1.29, 1.82) is 0 Å². The highest BCUT2D eigenvalue weighted by Gasteiger charge is 2.10. The number of nitrogens with one attached hydrogen (secondary N) is 2. The summed E-state index contributed by atoms with van der Waals surface area (Å²) in [6.45, 7) is 4.00. The van der Waals surface area contributed by atoms with Gasteiger partial charge in [-0.2, -0.15) is 4.98 Å². The van der Waals surface area contributed by atoms with Crippen molar-refractivity contribution in [2.75, 3.05) is 11.6 Å². The van der Waals surface area contributed by atoms with Gasteiger partial charge >= 0.3 is 0 Å². The van der Waals surface area contributed by atoms with Crippen molar-refractivity contribution in [3.8, 4) is 5.88 Å². The van der Waals surface area contributed by atoms with Crippen LogP contribution in [0.1, 0.15) is 11.1 Å². The van der Waals surface area contributed by atoms with E-state index in [0.717, 1.165) is 11.3 Å². The van der Waals surface area contributed by atoms with Crippen molar-refractivity contribution in [3.05, 3.63) is 39.7 Å². The van der Waals surface area contributed by atoms with Gasteiger partial charge in [0.25, 0.3) is 5.56 Å². The van der Waals surface area contributed by atoms with E-state index in [9.17, 15) is 9.90 Å². The summed E-state index contributed by atoms with van der Waals surface area (Å²) in [6.07, 6.45) is 1.77. The second-order valence-electron chi connectivity index (χ2n) is 4.20. The Labute approximate surface area is 115 Å². The predicted molar refractivity (Wildman–Crippen MR) is 77.5 cm³/mol. The summed E-state index contributed by atoms with van der Waals surface area (Å²) in [7, 11) is 0. The molecule has 0 saturated heterocycles. The summed E-state index contributed by atoms with van der Waals surface area (Å²) in [4.78, 5) is 18.3. The molecule has 0 aliphatic rings. The predicted octanol–water partition coefficient (Wildman–Crippen LogP) is 2.56. The first-order chi connectivity index (χ1) is 9.01. The minimum absolute atomic E-state index is 0.0565. The van der Waals surface area contributed by atoms with Crippen LogP contribution in [0, 0.1) is 13.8 Å². The molecule has 100 valence electrons. The minimum Gasteiger partial charge on any atom is -0.492 e. The van der Waals surface area contributed by atoms with Crippen molar-refractivity contribution in [3.63, 3.8) is 0 Å². The zero-order chi connectivity index (χ0) is 14.0. The van der Waals surface area contributed by atoms with Gasteiger partial charge in [0.05, 0.1) is 0 Å². The van der Waals surface area contributed by atoms with Gasteiger partial charge in [0.15, 0.2) is 10.8 Å². The number of H-pyrrole nitrogens is 1. The number of anilines is 2. The number of aryl methyl sites for hydroxylation is 2. The highest BCUT2D eigenvalue weighted by atomic mass is 32.2. The van der Waals surface area contributed by atoms with Gasteiger partial charge in [0, 0.05) is 5.69 Å². The molecule has 2 rings (SSSR count). The lowest BCUT2D eigenvalue weighted by Gasteiger charge is -2.09. The molecule has 0 amide bonds. The average Bonchev–Trinajstić information content (AvgIpc) is 2.37. The molecule has 0 saturated carbocycles. The summed E-state index contributed by atoms with van der Waals surface area (Å²) in [5.74, 6) is -0.300. The number of benzene rings is 1. The van der Waals surface area contributed by atoms with Gasteiger partial charge in [-0.15, -0.1) is 0 Å². The van der Waals surface area contributed by atoms with Crippen molar-refractivity contribution < 1.29 is 5.11 Å². The fourth-order valence-corrected chi connectivity index (χ4v) is 1.99. The Morgan fingerprint density at radius 1 is 1.32 bits per heavy atom. The third-order valence-corrected chi connectivity index (χ3v) is 3.43. The van der Waals surface area contributed by atoms with Crippen LogP contribution in [0.15, 0.2) is 28.2 Å². The molecule has 0 spiro atoms. The maximum Gasteiger partial charge on any atom is 0.279 e. The van der Waals surface area contributed by atoms with Crippen LogP contribution in [0.25, 0.3) is 0 Å². The molecule has 0 aliphatic heterocycles. The van der Waals surface area contributed by atoms with Crippen molar-refractivity contribution >= 4 is 23.1 Å². The number of thioether (sulfide) groups is 1. The first-order valence-electron chi connectivity index (χ1n) is 5.73. The molecule has 0 aliphatic carbocycles. The number of hydrogen-bond acceptors (Lipinski definition) is 5. The normalized spacial score (nSPS) is 10.5. The standard InChI is InChI=1S/C13H15N3O2S/c1-7-4-5-9(6-8(7)2)14-10-11(17)15-13(19-3)16-12(10)18/h4-6,14H,1-3H3,(H2,15,16,17,18). The molecule has 5 nitrogen and oxygen atoms in total. The maximum atomic E-state index is 11.8. The van der Waals surface area contributed by atoms with E-state index in [1.165, 1.54) is 17.3 Å². The zero-order valence-corrected chi connectivity index (χ0v) is 11.8. The number of aromatic amines is 1. The Balaban J connectivity index is 2.38. The minimum atomic E-state index is -0.393. The van der Waals surface area contributed by atoms with Crippen molar-refractivity contribution in [2.45, 2.75) is 19.0 Å². The Kier molecular flexibility index (Phi) is 3.80. The smallest absolute Gasteiger partial charge is 0.279 e. The lowest BCUT2D eigenvalue weighted by Crippen LogP contribution is -2.13. The second-order valence-corrected chi connectivity index (χ2v) is 4.99. The SMILES string of the molecule is CSc1nc(O)c(Nc2ccc(C)c(C)c2)c(=O)[nH]1. The van der Waals surface area contributed by atoms with Crippen LogP contribution in [-0.2, 0) is 0 Å². The number of hydrogen-bond donors (Lipinski definition) is 3. The first kappa shape index (κ1) is 13.5. The van der Waals surface area contributed by atoms with E-state index in [4.69, 9.17) is 0 Å². The van der Waals surface area contributed by atoms with E-state index in [1.807, 2.05) is 32.0 Å². The van der Waals surface area contributed by atoms with Crippen LogP contribution >= 0.6 is 11.8 Å². The van der Waals surface area contributed by atoms with E-state index in [-0.39, 0.29) is 11.6 Å². The molecule has 1 aromatic heterocycles. The van der Waals surface area contributed by atoms with E-state index < -0.39 is 5.56 Å². The molecule has 0 fully saturated rings. The van der Waals surface area contributed by atoms with Crippen LogP contribution < -0.4 is 10.9 Å². The molecule has 6 heteroatoms. The van der Waals surface area contributed by atoms with Gasteiger partial charge in [-0.05, 0) is 43.4 Å². The lowest BCUT2D eigenvalue weighted by molar-refractivity contribution is 0.447. The average molecular weight is 277 g/mol. The molecule has 1 aromatic carbocycles. The molecule has 0 radical (unpaired) electrons. The fraction of sp³-hybridized carbons (Fsp3) is 0.231. The molecular weight excluding hydrogens is 262 g/mol. The van der Waals surface area contributed by atoms with Gasteiger partial charge in [0.2, 0.25) is 5.88 Å². The summed E-state index contributed by atoms with van der Waals surface area (Å²) >= 11 is 1.26. The molecule has 0 atom stereocenters. The van der Waals surface area contributed by atoms with E-state index in [0.29, 0.717) is 5.16 Å². The molecule has 19 heavy (non-hydrogen) atoms. The van der Waals surface area contributed by atoms with Gasteiger partial charge in [-0.25, -0.2) is 0 Å². The van der Waals surface area contributed by atoms with Crippen molar-refractivity contribution in [1.82, 2.24) is 9.97 Å². The Bertz CT molecular complexity index is 667. The van der Waals surface area contributed by atoms with Crippen LogP contribution in [0.2, 0.25) is 0 Å². The monoisotopic (exact) mass is 277 g/mol. The summed E-state index contributed by atoms with van der Waals surface area (Å²) in [5, 5.41) is 13.1. The van der Waals surface area contributed by atoms with Crippen LogP contribution in [0.4, 0.5) is 11.4 Å². The number of rotatable bonds is 3. The quantitative estimate of drug-likeness (QED) is 0.593. The second kappa shape index (κ2) is 5.36. The molecule has 3 N–H and O–H groups in total. The summed E-state index contributed by atoms with van der Waals surface area (Å²) < 4.78 is 0. The largest absolute Gasteiger partial charge is 0.492 e. The van der Waals surface area contributed by atoms with Crippen LogP contribution in [0.3, 0.4) is 0 Å². The van der Waals surface area contributed by atoms with Crippen LogP contribution in [0.5, 0.6) is 5.88 Å². The Morgan fingerprint density at radius 3 is 2.63 bits per heavy atom. The number of aromatic hydroxyl groups is 1. The Morgan fingerprint density at radius 2 is 2.05 bits per heavy atom. The summed E-state index contributed by atoms with van der Waals surface area (Å²) in [6, 6.07) is 5.72. The lowest BCUT2D eigenvalue weighted by atomic mass is 10.1. The van der Waals surface area contributed by atoms with Gasteiger partial charge in [-0.1, -0.05) is 17.8 Å². The first-order valence-corrected chi connectivity index (χ1v) is 6.95. The molecule has 1 heterocycles. The number of nitrogens with zero attached hydrogens (tertiary/aromatic N) is 1. The molecule has 0 unspecified atom stereocenters. The van der Waals surface area contributed by atoms with Crippen molar-refractivity contribution in [2.24, 2.45) is 0 Å². The third kappa shape index (κ3) is 2.90. The maximum absolute atomic E-state index is 11.8. The van der Waals surface area contributed by atoms with E-state index in [2.05, 4.69) is 15.3 Å². The molecule has 0 bridgehead atoms. The van der Waals surface area contributed by atoms with Gasteiger partial charge in [-0.3, -0.25) is 9.78 Å². The van der Waals surface area contributed by atoms with Crippen LogP contribution in [-0.4, -0.2) is 21.3 Å². The highest BCUT2D eigenvalue weighted by Crippen LogP contribution is 2.23. The summed E-state index contributed by atoms with van der Waals surface area (Å²) in [5.41, 5.74) is 2.67. The molecule has 2 aromatic rings. The van der Waals surface area contributed by atoms with E-state index in [1.54, 1.807) is 6.26 Å².